The minimum atomic E-state index is -0.0754. The molecule has 1 fully saturated rings. The average Bonchev–Trinajstić information content (AvgIpc) is 2.53. The van der Waals surface area contributed by atoms with Crippen molar-refractivity contribution in [2.75, 3.05) is 60.0 Å². The second-order valence-corrected chi connectivity index (χ2v) is 7.97. The van der Waals surface area contributed by atoms with Gasteiger partial charge in [0.1, 0.15) is 0 Å². The molecule has 0 unspecified atom stereocenters. The molecule has 0 aromatic heterocycles. The van der Waals surface area contributed by atoms with E-state index in [-0.39, 0.29) is 17.2 Å². The molecular formula is C18H36ClNO5. The van der Waals surface area contributed by atoms with Gasteiger partial charge in [0.25, 0.3) is 0 Å². The summed E-state index contributed by atoms with van der Waals surface area (Å²) in [6, 6.07) is 0. The van der Waals surface area contributed by atoms with Crippen LogP contribution in [0.2, 0.25) is 0 Å². The van der Waals surface area contributed by atoms with Crippen LogP contribution in [0.4, 0.5) is 0 Å². The van der Waals surface area contributed by atoms with Gasteiger partial charge >= 0.3 is 0 Å². The average molecular weight is 382 g/mol. The van der Waals surface area contributed by atoms with Gasteiger partial charge in [0.2, 0.25) is 0 Å². The van der Waals surface area contributed by atoms with Crippen LogP contribution in [0.3, 0.4) is 0 Å². The Labute approximate surface area is 158 Å². The summed E-state index contributed by atoms with van der Waals surface area (Å²) < 4.78 is 29.1. The summed E-state index contributed by atoms with van der Waals surface area (Å²) in [5.74, 6) is 0. The van der Waals surface area contributed by atoms with Crippen LogP contribution in [-0.2, 0) is 23.7 Å². The highest BCUT2D eigenvalue weighted by molar-refractivity contribution is 6.14. The monoisotopic (exact) mass is 381 g/mol. The lowest BCUT2D eigenvalue weighted by Crippen LogP contribution is -2.57. The smallest absolute Gasteiger partial charge is 0.0704 e. The molecule has 0 aromatic rings. The van der Waals surface area contributed by atoms with Crippen LogP contribution >= 0.6 is 11.8 Å². The Hall–Kier alpha value is 0.0500. The van der Waals surface area contributed by atoms with Crippen molar-refractivity contribution in [2.24, 2.45) is 0 Å². The van der Waals surface area contributed by atoms with Crippen LogP contribution in [0.15, 0.2) is 0 Å². The largest absolute Gasteiger partial charge is 0.382 e. The van der Waals surface area contributed by atoms with Crippen molar-refractivity contribution in [3.8, 4) is 0 Å². The number of methoxy groups -OCH3 is 1. The first kappa shape index (κ1) is 23.1. The molecule has 0 saturated carbocycles. The molecule has 150 valence electrons. The van der Waals surface area contributed by atoms with Crippen molar-refractivity contribution in [1.82, 2.24) is 4.42 Å². The van der Waals surface area contributed by atoms with Gasteiger partial charge in [0.05, 0.1) is 59.0 Å². The van der Waals surface area contributed by atoms with Gasteiger partial charge in [-0.05, 0) is 52.3 Å². The highest BCUT2D eigenvalue weighted by Crippen LogP contribution is 2.40. The molecule has 0 N–H and O–H groups in total. The summed E-state index contributed by atoms with van der Waals surface area (Å²) in [5.41, 5.74) is -0.151. The number of halogens is 1. The minimum absolute atomic E-state index is 0.0754. The van der Waals surface area contributed by atoms with E-state index < -0.39 is 0 Å². The SMILES string of the molecule is COCCOCCOCCOCCOC1CC(C)(C)N(Cl)C(C)(C)C1. The molecule has 0 amide bonds. The third-order valence-electron chi connectivity index (χ3n) is 4.27. The van der Waals surface area contributed by atoms with E-state index in [0.717, 1.165) is 12.8 Å². The molecule has 1 rings (SSSR count). The molecule has 0 aliphatic carbocycles. The van der Waals surface area contributed by atoms with Crippen molar-refractivity contribution in [3.63, 3.8) is 0 Å². The summed E-state index contributed by atoms with van der Waals surface area (Å²) >= 11 is 6.47. The summed E-state index contributed by atoms with van der Waals surface area (Å²) in [4.78, 5) is 0. The van der Waals surface area contributed by atoms with Gasteiger partial charge < -0.3 is 23.7 Å². The van der Waals surface area contributed by atoms with Crippen molar-refractivity contribution < 1.29 is 23.7 Å². The molecule has 25 heavy (non-hydrogen) atoms. The molecule has 7 heteroatoms. The number of hydrogen-bond acceptors (Lipinski definition) is 6. The van der Waals surface area contributed by atoms with Crippen molar-refractivity contribution in [2.45, 2.75) is 57.7 Å². The second kappa shape index (κ2) is 11.7. The quantitative estimate of drug-likeness (QED) is 0.361. The lowest BCUT2D eigenvalue weighted by atomic mass is 9.81. The molecule has 0 atom stereocenters. The van der Waals surface area contributed by atoms with Gasteiger partial charge in [-0.2, -0.15) is 0 Å². The van der Waals surface area contributed by atoms with Crippen LogP contribution in [0.1, 0.15) is 40.5 Å². The maximum absolute atomic E-state index is 6.47. The summed E-state index contributed by atoms with van der Waals surface area (Å²) in [6.07, 6.45) is 2.06. The third kappa shape index (κ3) is 9.00. The normalized spacial score (nSPS) is 20.9. The fourth-order valence-electron chi connectivity index (χ4n) is 3.24. The van der Waals surface area contributed by atoms with E-state index in [4.69, 9.17) is 35.5 Å². The van der Waals surface area contributed by atoms with Gasteiger partial charge in [-0.1, -0.05) is 0 Å². The zero-order valence-corrected chi connectivity index (χ0v) is 17.3. The van der Waals surface area contributed by atoms with E-state index in [2.05, 4.69) is 27.7 Å². The molecule has 1 saturated heterocycles. The number of rotatable bonds is 13. The summed E-state index contributed by atoms with van der Waals surface area (Å²) in [7, 11) is 1.66. The Balaban J connectivity index is 2.00. The Bertz CT molecular complexity index is 336. The molecular weight excluding hydrogens is 346 g/mol. The molecule has 1 aliphatic rings. The first-order chi connectivity index (χ1) is 11.8. The van der Waals surface area contributed by atoms with Gasteiger partial charge in [-0.25, -0.2) is 4.42 Å². The molecule has 0 radical (unpaired) electrons. The predicted molar refractivity (Wildman–Crippen MR) is 99.2 cm³/mol. The van der Waals surface area contributed by atoms with Gasteiger partial charge in [0.15, 0.2) is 0 Å². The second-order valence-electron chi connectivity index (χ2n) is 7.64. The van der Waals surface area contributed by atoms with E-state index in [1.807, 2.05) is 4.42 Å². The number of piperidine rings is 1. The van der Waals surface area contributed by atoms with Gasteiger partial charge in [-0.15, -0.1) is 0 Å². The van der Waals surface area contributed by atoms with E-state index in [9.17, 15) is 0 Å². The molecule has 1 heterocycles. The van der Waals surface area contributed by atoms with E-state index >= 15 is 0 Å². The van der Waals surface area contributed by atoms with Crippen LogP contribution in [0.5, 0.6) is 0 Å². The Morgan fingerprint density at radius 2 is 1.16 bits per heavy atom. The van der Waals surface area contributed by atoms with Gasteiger partial charge in [-0.3, -0.25) is 0 Å². The van der Waals surface area contributed by atoms with E-state index in [1.54, 1.807) is 7.11 Å². The van der Waals surface area contributed by atoms with Crippen LogP contribution in [-0.4, -0.2) is 81.6 Å². The zero-order chi connectivity index (χ0) is 18.8. The van der Waals surface area contributed by atoms with Crippen LogP contribution in [0, 0.1) is 0 Å². The third-order valence-corrected chi connectivity index (χ3v) is 5.19. The van der Waals surface area contributed by atoms with Crippen molar-refractivity contribution in [1.29, 1.82) is 0 Å². The Morgan fingerprint density at radius 1 is 0.760 bits per heavy atom. The molecule has 0 bridgehead atoms. The zero-order valence-electron chi connectivity index (χ0n) is 16.5. The Morgan fingerprint density at radius 3 is 1.60 bits per heavy atom. The fourth-order valence-corrected chi connectivity index (χ4v) is 3.38. The van der Waals surface area contributed by atoms with Gasteiger partial charge in [0, 0.05) is 18.2 Å². The molecule has 0 spiro atoms. The first-order valence-electron chi connectivity index (χ1n) is 9.09. The molecule has 1 aliphatic heterocycles. The fraction of sp³-hybridized carbons (Fsp3) is 1.00. The van der Waals surface area contributed by atoms with Crippen LogP contribution < -0.4 is 0 Å². The maximum Gasteiger partial charge on any atom is 0.0704 e. The maximum atomic E-state index is 6.47. The number of nitrogens with zero attached hydrogens (tertiary/aromatic N) is 1. The van der Waals surface area contributed by atoms with Crippen molar-refractivity contribution in [3.05, 3.63) is 0 Å². The number of hydrogen-bond donors (Lipinski definition) is 0. The topological polar surface area (TPSA) is 49.4 Å². The highest BCUT2D eigenvalue weighted by atomic mass is 35.5. The lowest BCUT2D eigenvalue weighted by Gasteiger charge is -2.51. The lowest BCUT2D eigenvalue weighted by molar-refractivity contribution is -0.0786. The minimum Gasteiger partial charge on any atom is -0.382 e. The Kier molecular flexibility index (Phi) is 10.8. The summed E-state index contributed by atoms with van der Waals surface area (Å²) in [6.45, 7) is 13.3. The first-order valence-corrected chi connectivity index (χ1v) is 9.43. The highest BCUT2D eigenvalue weighted by Gasteiger charge is 2.45. The predicted octanol–water partition coefficient (Wildman–Crippen LogP) is 2.87. The van der Waals surface area contributed by atoms with Crippen LogP contribution in [0.25, 0.3) is 0 Å². The molecule has 6 nitrogen and oxygen atoms in total. The van der Waals surface area contributed by atoms with E-state index in [0.29, 0.717) is 52.9 Å². The van der Waals surface area contributed by atoms with E-state index in [1.165, 1.54) is 0 Å². The number of ether oxygens (including phenoxy) is 5. The summed E-state index contributed by atoms with van der Waals surface area (Å²) in [5, 5.41) is 0. The molecule has 0 aromatic carbocycles. The van der Waals surface area contributed by atoms with Crippen molar-refractivity contribution >= 4 is 11.8 Å². The standard InChI is InChI=1S/C18H36ClNO5/c1-17(2)14-16(15-18(3,4)20(17)19)25-13-12-24-11-10-23-9-8-22-7-6-21-5/h16H,6-15H2,1-5H3.